The summed E-state index contributed by atoms with van der Waals surface area (Å²) in [6, 6.07) is 0. The highest BCUT2D eigenvalue weighted by Crippen LogP contribution is 2.43. The van der Waals surface area contributed by atoms with Gasteiger partial charge in [-0.25, -0.2) is 0 Å². The number of likely N-dealkylation sites (N-methyl/N-ethyl adjacent to an activating group) is 1. The van der Waals surface area contributed by atoms with Crippen LogP contribution in [0.3, 0.4) is 0 Å². The lowest BCUT2D eigenvalue weighted by atomic mass is 9.74. The zero-order valence-electron chi connectivity index (χ0n) is 8.64. The summed E-state index contributed by atoms with van der Waals surface area (Å²) >= 11 is 0. The zero-order valence-corrected chi connectivity index (χ0v) is 8.64. The van der Waals surface area contributed by atoms with Gasteiger partial charge in [-0.1, -0.05) is 6.92 Å². The predicted octanol–water partition coefficient (Wildman–Crippen LogP) is 2.09. The molecule has 1 aliphatic carbocycles. The number of nitrogens with one attached hydrogen (secondary N) is 1. The maximum absolute atomic E-state index is 6.15. The van der Waals surface area contributed by atoms with Crippen LogP contribution in [-0.4, -0.2) is 24.8 Å². The van der Waals surface area contributed by atoms with Gasteiger partial charge in [0.2, 0.25) is 0 Å². The number of hydrogen-bond donors (Lipinski definition) is 1. The van der Waals surface area contributed by atoms with Crippen molar-refractivity contribution in [1.29, 1.82) is 0 Å². The lowest BCUT2D eigenvalue weighted by Gasteiger charge is -2.47. The first-order chi connectivity index (χ1) is 6.35. The molecule has 2 fully saturated rings. The molecule has 0 aromatic rings. The molecule has 76 valence electrons. The van der Waals surface area contributed by atoms with Crippen LogP contribution in [0.4, 0.5) is 0 Å². The van der Waals surface area contributed by atoms with E-state index < -0.39 is 0 Å². The van der Waals surface area contributed by atoms with Crippen molar-refractivity contribution in [3.63, 3.8) is 0 Å². The van der Waals surface area contributed by atoms with Gasteiger partial charge in [-0.05, 0) is 45.1 Å². The van der Waals surface area contributed by atoms with Gasteiger partial charge in [0.1, 0.15) is 0 Å². The molecule has 0 bridgehead atoms. The minimum atomic E-state index is 0.332. The summed E-state index contributed by atoms with van der Waals surface area (Å²) in [5, 5.41) is 3.38. The molecule has 0 radical (unpaired) electrons. The number of rotatable bonds is 3. The van der Waals surface area contributed by atoms with Crippen LogP contribution in [-0.2, 0) is 4.74 Å². The van der Waals surface area contributed by atoms with Gasteiger partial charge >= 0.3 is 0 Å². The van der Waals surface area contributed by atoms with E-state index >= 15 is 0 Å². The summed E-state index contributed by atoms with van der Waals surface area (Å²) in [7, 11) is 0. The standard InChI is InChI=1S/C11H21NO/c1-2-12-9-10-5-3-6-11(13-10)7-4-8-11/h10,12H,2-9H2,1H3. The van der Waals surface area contributed by atoms with Crippen LogP contribution >= 0.6 is 0 Å². The Morgan fingerprint density at radius 3 is 2.69 bits per heavy atom. The Labute approximate surface area is 81.0 Å². The van der Waals surface area contributed by atoms with Crippen LogP contribution in [0.15, 0.2) is 0 Å². The smallest absolute Gasteiger partial charge is 0.0707 e. The van der Waals surface area contributed by atoms with Crippen LogP contribution in [0.1, 0.15) is 45.4 Å². The van der Waals surface area contributed by atoms with Gasteiger partial charge < -0.3 is 10.1 Å². The molecule has 2 aliphatic rings. The van der Waals surface area contributed by atoms with E-state index in [0.29, 0.717) is 11.7 Å². The van der Waals surface area contributed by atoms with Crippen LogP contribution in [0.5, 0.6) is 0 Å². The Bertz CT molecular complexity index is 165. The molecule has 1 N–H and O–H groups in total. The molecule has 13 heavy (non-hydrogen) atoms. The molecular formula is C11H21NO. The molecule has 1 atom stereocenters. The van der Waals surface area contributed by atoms with E-state index in [4.69, 9.17) is 4.74 Å². The summed E-state index contributed by atoms with van der Waals surface area (Å²) in [6.45, 7) is 4.27. The minimum Gasteiger partial charge on any atom is -0.370 e. The van der Waals surface area contributed by atoms with Crippen molar-refractivity contribution in [3.05, 3.63) is 0 Å². The van der Waals surface area contributed by atoms with Crippen molar-refractivity contribution >= 4 is 0 Å². The predicted molar refractivity (Wildman–Crippen MR) is 53.8 cm³/mol. The average Bonchev–Trinajstić information content (AvgIpc) is 2.13. The van der Waals surface area contributed by atoms with Gasteiger partial charge in [-0.15, -0.1) is 0 Å². The molecule has 2 nitrogen and oxygen atoms in total. The highest BCUT2D eigenvalue weighted by atomic mass is 16.5. The third kappa shape index (κ3) is 2.05. The second-order valence-corrected chi connectivity index (χ2v) is 4.48. The fourth-order valence-electron chi connectivity index (χ4n) is 2.51. The normalized spacial score (nSPS) is 31.6. The Morgan fingerprint density at radius 1 is 1.31 bits per heavy atom. The number of hydrogen-bond acceptors (Lipinski definition) is 2. The first-order valence-corrected chi connectivity index (χ1v) is 5.73. The fraction of sp³-hybridized carbons (Fsp3) is 1.00. The maximum atomic E-state index is 6.15. The van der Waals surface area contributed by atoms with Crippen molar-refractivity contribution in [3.8, 4) is 0 Å². The van der Waals surface area contributed by atoms with Crippen LogP contribution in [0.25, 0.3) is 0 Å². The second-order valence-electron chi connectivity index (χ2n) is 4.48. The molecule has 0 aromatic heterocycles. The largest absolute Gasteiger partial charge is 0.370 e. The van der Waals surface area contributed by atoms with Crippen LogP contribution in [0.2, 0.25) is 0 Å². The third-order valence-electron chi connectivity index (χ3n) is 3.46. The molecule has 1 saturated heterocycles. The van der Waals surface area contributed by atoms with E-state index in [2.05, 4.69) is 12.2 Å². The molecule has 1 aliphatic heterocycles. The van der Waals surface area contributed by atoms with Gasteiger partial charge in [-0.2, -0.15) is 0 Å². The van der Waals surface area contributed by atoms with E-state index in [0.717, 1.165) is 13.1 Å². The quantitative estimate of drug-likeness (QED) is 0.723. The van der Waals surface area contributed by atoms with E-state index in [1.807, 2.05) is 0 Å². The molecule has 1 heterocycles. The first kappa shape index (κ1) is 9.47. The van der Waals surface area contributed by atoms with E-state index in [1.165, 1.54) is 38.5 Å². The molecule has 1 spiro atoms. The summed E-state index contributed by atoms with van der Waals surface area (Å²) in [6.07, 6.45) is 8.45. The molecule has 2 rings (SSSR count). The van der Waals surface area contributed by atoms with E-state index in [-0.39, 0.29) is 0 Å². The van der Waals surface area contributed by atoms with E-state index in [1.54, 1.807) is 0 Å². The van der Waals surface area contributed by atoms with Gasteiger partial charge in [0, 0.05) is 6.54 Å². The topological polar surface area (TPSA) is 21.3 Å². The summed E-state index contributed by atoms with van der Waals surface area (Å²) in [5.74, 6) is 0. The Balaban J connectivity index is 1.78. The lowest BCUT2D eigenvalue weighted by Crippen LogP contribution is -2.48. The van der Waals surface area contributed by atoms with E-state index in [9.17, 15) is 0 Å². The van der Waals surface area contributed by atoms with Crippen LogP contribution < -0.4 is 5.32 Å². The minimum absolute atomic E-state index is 0.332. The summed E-state index contributed by atoms with van der Waals surface area (Å²) in [5.41, 5.74) is 0.332. The Kier molecular flexibility index (Phi) is 2.89. The van der Waals surface area contributed by atoms with Crippen molar-refractivity contribution in [2.45, 2.75) is 57.2 Å². The van der Waals surface area contributed by atoms with Gasteiger partial charge in [0.25, 0.3) is 0 Å². The van der Waals surface area contributed by atoms with Gasteiger partial charge in [0.15, 0.2) is 0 Å². The first-order valence-electron chi connectivity index (χ1n) is 5.73. The Hall–Kier alpha value is -0.0800. The summed E-state index contributed by atoms with van der Waals surface area (Å²) in [4.78, 5) is 0. The van der Waals surface area contributed by atoms with Crippen molar-refractivity contribution < 1.29 is 4.74 Å². The Morgan fingerprint density at radius 2 is 2.08 bits per heavy atom. The molecular weight excluding hydrogens is 162 g/mol. The maximum Gasteiger partial charge on any atom is 0.0707 e. The molecule has 0 aromatic carbocycles. The average molecular weight is 183 g/mol. The highest BCUT2D eigenvalue weighted by Gasteiger charge is 2.41. The van der Waals surface area contributed by atoms with Crippen LogP contribution in [0, 0.1) is 0 Å². The summed E-state index contributed by atoms with van der Waals surface area (Å²) < 4.78 is 6.15. The number of ether oxygens (including phenoxy) is 1. The fourth-order valence-corrected chi connectivity index (χ4v) is 2.51. The zero-order chi connectivity index (χ0) is 9.15. The van der Waals surface area contributed by atoms with Crippen molar-refractivity contribution in [1.82, 2.24) is 5.32 Å². The highest BCUT2D eigenvalue weighted by molar-refractivity contribution is 4.93. The lowest BCUT2D eigenvalue weighted by molar-refractivity contribution is -0.166. The molecule has 1 unspecified atom stereocenters. The molecule has 2 heteroatoms. The van der Waals surface area contributed by atoms with Crippen molar-refractivity contribution in [2.24, 2.45) is 0 Å². The van der Waals surface area contributed by atoms with Gasteiger partial charge in [-0.3, -0.25) is 0 Å². The monoisotopic (exact) mass is 183 g/mol. The second kappa shape index (κ2) is 3.97. The molecule has 0 amide bonds. The third-order valence-corrected chi connectivity index (χ3v) is 3.46. The van der Waals surface area contributed by atoms with Crippen molar-refractivity contribution in [2.75, 3.05) is 13.1 Å². The SMILES string of the molecule is CCNCC1CCCC2(CCC2)O1. The molecule has 1 saturated carbocycles. The van der Waals surface area contributed by atoms with Gasteiger partial charge in [0.05, 0.1) is 11.7 Å².